The standard InChI is InChI=1S/C10H10FNO2/c11-8-7(2-1-5-12-8)6-10(3-4-10)9(13)14/h1-2,5H,3-4,6H2,(H,13,14). The zero-order chi connectivity index (χ0) is 10.2. The van der Waals surface area contributed by atoms with E-state index in [9.17, 15) is 9.18 Å². The highest BCUT2D eigenvalue weighted by molar-refractivity contribution is 5.78. The van der Waals surface area contributed by atoms with Gasteiger partial charge in [0.2, 0.25) is 5.95 Å². The van der Waals surface area contributed by atoms with E-state index in [-0.39, 0.29) is 6.42 Å². The third-order valence-corrected chi connectivity index (χ3v) is 2.67. The van der Waals surface area contributed by atoms with Crippen molar-refractivity contribution in [3.63, 3.8) is 0 Å². The molecule has 0 saturated heterocycles. The number of hydrogen-bond donors (Lipinski definition) is 1. The normalized spacial score (nSPS) is 17.8. The molecule has 0 radical (unpaired) electrons. The maximum atomic E-state index is 13.1. The van der Waals surface area contributed by atoms with Crippen LogP contribution in [0, 0.1) is 11.4 Å². The molecule has 0 bridgehead atoms. The van der Waals surface area contributed by atoms with E-state index >= 15 is 0 Å². The van der Waals surface area contributed by atoms with E-state index in [4.69, 9.17) is 5.11 Å². The molecule has 2 rings (SSSR count). The van der Waals surface area contributed by atoms with E-state index in [0.29, 0.717) is 18.4 Å². The second-order valence-corrected chi connectivity index (χ2v) is 3.72. The van der Waals surface area contributed by atoms with Gasteiger partial charge in [-0.3, -0.25) is 4.79 Å². The van der Waals surface area contributed by atoms with Crippen LogP contribution in [0.4, 0.5) is 4.39 Å². The van der Waals surface area contributed by atoms with Gasteiger partial charge < -0.3 is 5.11 Å². The Morgan fingerprint density at radius 3 is 2.86 bits per heavy atom. The number of carboxylic acids is 1. The molecule has 14 heavy (non-hydrogen) atoms. The lowest BCUT2D eigenvalue weighted by molar-refractivity contribution is -0.143. The Morgan fingerprint density at radius 2 is 2.36 bits per heavy atom. The van der Waals surface area contributed by atoms with Crippen LogP contribution in [-0.4, -0.2) is 16.1 Å². The monoisotopic (exact) mass is 195 g/mol. The van der Waals surface area contributed by atoms with E-state index < -0.39 is 17.3 Å². The Balaban J connectivity index is 2.19. The summed E-state index contributed by atoms with van der Waals surface area (Å²) in [6.45, 7) is 0. The van der Waals surface area contributed by atoms with Gasteiger partial charge in [0, 0.05) is 11.8 Å². The molecule has 1 heterocycles. The highest BCUT2D eigenvalue weighted by Gasteiger charge is 2.50. The van der Waals surface area contributed by atoms with Gasteiger partial charge in [-0.25, -0.2) is 4.98 Å². The molecule has 4 heteroatoms. The van der Waals surface area contributed by atoms with Gasteiger partial charge in [-0.15, -0.1) is 0 Å². The van der Waals surface area contributed by atoms with Gasteiger partial charge in [-0.05, 0) is 25.3 Å². The smallest absolute Gasteiger partial charge is 0.309 e. The summed E-state index contributed by atoms with van der Waals surface area (Å²) >= 11 is 0. The number of hydrogen-bond acceptors (Lipinski definition) is 2. The van der Waals surface area contributed by atoms with Crippen LogP contribution >= 0.6 is 0 Å². The molecule has 1 aromatic heterocycles. The van der Waals surface area contributed by atoms with Gasteiger partial charge in [0.05, 0.1) is 5.41 Å². The average Bonchev–Trinajstić information content (AvgIpc) is 2.90. The fourth-order valence-electron chi connectivity index (χ4n) is 1.53. The predicted molar refractivity (Wildman–Crippen MR) is 47.2 cm³/mol. The first-order valence-corrected chi connectivity index (χ1v) is 4.47. The Labute approximate surface area is 80.6 Å². The lowest BCUT2D eigenvalue weighted by Gasteiger charge is -2.09. The third kappa shape index (κ3) is 1.47. The second-order valence-electron chi connectivity index (χ2n) is 3.72. The number of pyridine rings is 1. The van der Waals surface area contributed by atoms with Crippen molar-refractivity contribution in [2.45, 2.75) is 19.3 Å². The Hall–Kier alpha value is -1.45. The van der Waals surface area contributed by atoms with Crippen molar-refractivity contribution in [1.29, 1.82) is 0 Å². The zero-order valence-electron chi connectivity index (χ0n) is 7.53. The number of rotatable bonds is 3. The van der Waals surface area contributed by atoms with E-state index in [1.54, 1.807) is 12.1 Å². The molecule has 1 aliphatic rings. The van der Waals surface area contributed by atoms with E-state index in [0.717, 1.165) is 0 Å². The fourth-order valence-corrected chi connectivity index (χ4v) is 1.53. The van der Waals surface area contributed by atoms with Crippen molar-refractivity contribution in [1.82, 2.24) is 4.98 Å². The van der Waals surface area contributed by atoms with Crippen molar-refractivity contribution in [3.05, 3.63) is 29.8 Å². The second kappa shape index (κ2) is 3.04. The van der Waals surface area contributed by atoms with Crippen LogP contribution in [0.25, 0.3) is 0 Å². The molecule has 0 aliphatic heterocycles. The number of halogens is 1. The summed E-state index contributed by atoms with van der Waals surface area (Å²) in [6.07, 6.45) is 2.88. The number of nitrogens with zero attached hydrogens (tertiary/aromatic N) is 1. The highest BCUT2D eigenvalue weighted by Crippen LogP contribution is 2.48. The van der Waals surface area contributed by atoms with Gasteiger partial charge in [0.1, 0.15) is 0 Å². The summed E-state index contributed by atoms with van der Waals surface area (Å²) in [4.78, 5) is 14.3. The summed E-state index contributed by atoms with van der Waals surface area (Å²) < 4.78 is 13.1. The minimum atomic E-state index is -0.833. The summed E-state index contributed by atoms with van der Waals surface area (Å²) in [7, 11) is 0. The van der Waals surface area contributed by atoms with E-state index in [1.165, 1.54) is 6.20 Å². The quantitative estimate of drug-likeness (QED) is 0.746. The predicted octanol–water partition coefficient (Wildman–Crippen LogP) is 1.63. The van der Waals surface area contributed by atoms with Crippen molar-refractivity contribution in [3.8, 4) is 0 Å². The zero-order valence-corrected chi connectivity index (χ0v) is 7.53. The Bertz CT molecular complexity index is 374. The molecule has 0 amide bonds. The minimum Gasteiger partial charge on any atom is -0.481 e. The lowest BCUT2D eigenvalue weighted by atomic mass is 9.98. The molecule has 0 atom stereocenters. The topological polar surface area (TPSA) is 50.2 Å². The van der Waals surface area contributed by atoms with Gasteiger partial charge in [0.15, 0.2) is 0 Å². The first-order valence-electron chi connectivity index (χ1n) is 4.47. The number of carbonyl (C=O) groups is 1. The minimum absolute atomic E-state index is 0.252. The molecular weight excluding hydrogens is 185 g/mol. The Kier molecular flexibility index (Phi) is 1.98. The van der Waals surface area contributed by atoms with Crippen LogP contribution in [0.15, 0.2) is 18.3 Å². The van der Waals surface area contributed by atoms with E-state index in [2.05, 4.69) is 4.98 Å². The van der Waals surface area contributed by atoms with Crippen LogP contribution in [0.5, 0.6) is 0 Å². The highest BCUT2D eigenvalue weighted by atomic mass is 19.1. The largest absolute Gasteiger partial charge is 0.481 e. The molecule has 1 aliphatic carbocycles. The van der Waals surface area contributed by atoms with Crippen LogP contribution in [0.3, 0.4) is 0 Å². The van der Waals surface area contributed by atoms with Crippen LogP contribution in [-0.2, 0) is 11.2 Å². The SMILES string of the molecule is O=C(O)C1(Cc2cccnc2F)CC1. The summed E-state index contributed by atoms with van der Waals surface area (Å²) in [6, 6.07) is 3.21. The molecule has 74 valence electrons. The number of aliphatic carboxylic acids is 1. The van der Waals surface area contributed by atoms with Crippen molar-refractivity contribution >= 4 is 5.97 Å². The maximum absolute atomic E-state index is 13.1. The molecule has 0 unspecified atom stereocenters. The van der Waals surface area contributed by atoms with Gasteiger partial charge in [-0.2, -0.15) is 4.39 Å². The molecule has 1 fully saturated rings. The molecule has 0 spiro atoms. The fraction of sp³-hybridized carbons (Fsp3) is 0.400. The number of carboxylic acid groups (broad SMARTS) is 1. The van der Waals surface area contributed by atoms with Crippen LogP contribution in [0.2, 0.25) is 0 Å². The summed E-state index contributed by atoms with van der Waals surface area (Å²) in [5, 5.41) is 8.91. The van der Waals surface area contributed by atoms with Crippen molar-refractivity contribution in [2.75, 3.05) is 0 Å². The Morgan fingerprint density at radius 1 is 1.64 bits per heavy atom. The molecule has 1 saturated carbocycles. The maximum Gasteiger partial charge on any atom is 0.309 e. The van der Waals surface area contributed by atoms with Crippen molar-refractivity contribution in [2.24, 2.45) is 5.41 Å². The first kappa shape index (κ1) is 9.12. The molecule has 0 aromatic carbocycles. The third-order valence-electron chi connectivity index (χ3n) is 2.67. The van der Waals surface area contributed by atoms with Gasteiger partial charge in [-0.1, -0.05) is 6.07 Å². The van der Waals surface area contributed by atoms with E-state index in [1.807, 2.05) is 0 Å². The van der Waals surface area contributed by atoms with Crippen LogP contribution in [0.1, 0.15) is 18.4 Å². The van der Waals surface area contributed by atoms with Crippen molar-refractivity contribution < 1.29 is 14.3 Å². The molecule has 1 N–H and O–H groups in total. The van der Waals surface area contributed by atoms with Gasteiger partial charge >= 0.3 is 5.97 Å². The number of aromatic nitrogens is 1. The molecule has 1 aromatic rings. The molecule has 3 nitrogen and oxygen atoms in total. The molecular formula is C10H10FNO2. The summed E-state index contributed by atoms with van der Waals surface area (Å²) in [5.74, 6) is -1.39. The summed E-state index contributed by atoms with van der Waals surface area (Å²) in [5.41, 5.74) is -0.323. The first-order chi connectivity index (χ1) is 6.64. The van der Waals surface area contributed by atoms with Crippen LogP contribution < -0.4 is 0 Å². The lowest BCUT2D eigenvalue weighted by Crippen LogP contribution is -2.18. The van der Waals surface area contributed by atoms with Gasteiger partial charge in [0.25, 0.3) is 0 Å². The average molecular weight is 195 g/mol.